The molecule has 0 heterocycles. The van der Waals surface area contributed by atoms with Gasteiger partial charge in [0.25, 0.3) is 0 Å². The Morgan fingerprint density at radius 1 is 1.32 bits per heavy atom. The van der Waals surface area contributed by atoms with Crippen LogP contribution in [-0.2, 0) is 9.73 Å². The highest BCUT2D eigenvalue weighted by Crippen LogP contribution is 2.37. The molecule has 0 saturated carbocycles. The molecule has 5 nitrogen and oxygen atoms in total. The number of aryl methyl sites for hydroxylation is 1. The minimum Gasteiger partial charge on any atom is -0.457 e. The SMILES string of the molecule is CCN(C)/C=N\c1cc(C)c(Oc2cccc(S(=N)(=O)C(F)(F)F)c2)cc1Cl. The highest BCUT2D eigenvalue weighted by molar-refractivity contribution is 7.93. The molecule has 152 valence electrons. The predicted molar refractivity (Wildman–Crippen MR) is 104 cm³/mol. The summed E-state index contributed by atoms with van der Waals surface area (Å²) in [6.45, 7) is 4.48. The number of hydrogen-bond acceptors (Lipinski definition) is 4. The monoisotopic (exact) mass is 433 g/mol. The Kier molecular flexibility index (Phi) is 6.61. The van der Waals surface area contributed by atoms with Crippen molar-refractivity contribution in [3.8, 4) is 11.5 Å². The summed E-state index contributed by atoms with van der Waals surface area (Å²) in [5, 5.41) is 0.303. The van der Waals surface area contributed by atoms with Gasteiger partial charge in [0, 0.05) is 19.7 Å². The number of rotatable bonds is 6. The van der Waals surface area contributed by atoms with E-state index in [2.05, 4.69) is 4.99 Å². The smallest absolute Gasteiger partial charge is 0.457 e. The molecule has 10 heteroatoms. The van der Waals surface area contributed by atoms with Crippen molar-refractivity contribution in [1.82, 2.24) is 4.90 Å². The lowest BCUT2D eigenvalue weighted by atomic mass is 10.2. The van der Waals surface area contributed by atoms with E-state index in [4.69, 9.17) is 21.1 Å². The number of nitrogens with one attached hydrogen (secondary N) is 1. The predicted octanol–water partition coefficient (Wildman–Crippen LogP) is 5.98. The Morgan fingerprint density at radius 2 is 2.00 bits per heavy atom. The van der Waals surface area contributed by atoms with Gasteiger partial charge in [-0.15, -0.1) is 0 Å². The maximum absolute atomic E-state index is 12.9. The summed E-state index contributed by atoms with van der Waals surface area (Å²) < 4.78 is 63.2. The first-order valence-electron chi connectivity index (χ1n) is 8.13. The highest BCUT2D eigenvalue weighted by Gasteiger charge is 2.43. The fourth-order valence-electron chi connectivity index (χ4n) is 2.08. The van der Waals surface area contributed by atoms with Crippen molar-refractivity contribution in [2.75, 3.05) is 13.6 Å². The zero-order valence-corrected chi connectivity index (χ0v) is 17.0. The average molecular weight is 434 g/mol. The number of alkyl halides is 3. The van der Waals surface area contributed by atoms with Gasteiger partial charge in [0.2, 0.25) is 0 Å². The van der Waals surface area contributed by atoms with Crippen molar-refractivity contribution in [2.24, 2.45) is 4.99 Å². The van der Waals surface area contributed by atoms with Gasteiger partial charge >= 0.3 is 5.51 Å². The summed E-state index contributed by atoms with van der Waals surface area (Å²) in [4.78, 5) is 5.47. The maximum Gasteiger partial charge on any atom is 0.483 e. The zero-order valence-electron chi connectivity index (χ0n) is 15.4. The van der Waals surface area contributed by atoms with Gasteiger partial charge < -0.3 is 9.64 Å². The van der Waals surface area contributed by atoms with Gasteiger partial charge in [-0.25, -0.2) is 14.0 Å². The van der Waals surface area contributed by atoms with Crippen LogP contribution in [-0.4, -0.2) is 34.5 Å². The highest BCUT2D eigenvalue weighted by atomic mass is 35.5. The van der Waals surface area contributed by atoms with Crippen molar-refractivity contribution >= 4 is 33.4 Å². The molecule has 2 aromatic rings. The largest absolute Gasteiger partial charge is 0.483 e. The number of nitrogens with zero attached hydrogens (tertiary/aromatic N) is 2. The molecule has 28 heavy (non-hydrogen) atoms. The van der Waals surface area contributed by atoms with Crippen LogP contribution in [0.4, 0.5) is 18.9 Å². The molecule has 0 aliphatic rings. The molecular weight excluding hydrogens is 415 g/mol. The molecule has 1 unspecified atom stereocenters. The third-order valence-corrected chi connectivity index (χ3v) is 5.70. The van der Waals surface area contributed by atoms with E-state index >= 15 is 0 Å². The van der Waals surface area contributed by atoms with Crippen LogP contribution < -0.4 is 4.74 Å². The molecule has 2 aromatic carbocycles. The summed E-state index contributed by atoms with van der Waals surface area (Å²) in [6, 6.07) is 7.77. The molecule has 0 amide bonds. The van der Waals surface area contributed by atoms with E-state index in [1.54, 1.807) is 19.3 Å². The molecule has 0 radical (unpaired) electrons. The summed E-state index contributed by atoms with van der Waals surface area (Å²) in [6.07, 6.45) is 1.63. The van der Waals surface area contributed by atoms with Crippen molar-refractivity contribution in [2.45, 2.75) is 24.3 Å². The minimum absolute atomic E-state index is 0.0165. The molecule has 0 fully saturated rings. The fraction of sp³-hybridized carbons (Fsp3) is 0.278. The topological polar surface area (TPSA) is 65.8 Å². The van der Waals surface area contributed by atoms with Gasteiger partial charge in [-0.1, -0.05) is 17.7 Å². The quantitative estimate of drug-likeness (QED) is 0.450. The third kappa shape index (κ3) is 4.96. The van der Waals surface area contributed by atoms with Gasteiger partial charge in [-0.3, -0.25) is 0 Å². The zero-order chi connectivity index (χ0) is 21.1. The van der Waals surface area contributed by atoms with E-state index in [1.165, 1.54) is 18.2 Å². The number of ether oxygens (including phenoxy) is 1. The number of benzene rings is 2. The van der Waals surface area contributed by atoms with Crippen LogP contribution in [0, 0.1) is 11.7 Å². The number of hydrogen-bond donors (Lipinski definition) is 1. The summed E-state index contributed by atoms with van der Waals surface area (Å²) >= 11 is 6.22. The Bertz CT molecular complexity index is 992. The number of aliphatic imine (C=N–C) groups is 1. The van der Waals surface area contributed by atoms with Gasteiger partial charge in [-0.2, -0.15) is 13.2 Å². The molecule has 1 atom stereocenters. The van der Waals surface area contributed by atoms with E-state index in [0.717, 1.165) is 18.7 Å². The molecule has 0 aliphatic heterocycles. The first kappa shape index (κ1) is 22.0. The third-order valence-electron chi connectivity index (χ3n) is 3.83. The van der Waals surface area contributed by atoms with Crippen molar-refractivity contribution in [3.63, 3.8) is 0 Å². The van der Waals surface area contributed by atoms with Crippen molar-refractivity contribution in [1.29, 1.82) is 4.78 Å². The lowest BCUT2D eigenvalue weighted by Crippen LogP contribution is -2.21. The Hall–Kier alpha value is -2.26. The molecule has 0 spiro atoms. The molecule has 0 saturated heterocycles. The molecule has 0 bridgehead atoms. The van der Waals surface area contributed by atoms with Crippen LogP contribution in [0.1, 0.15) is 12.5 Å². The van der Waals surface area contributed by atoms with Crippen LogP contribution in [0.2, 0.25) is 5.02 Å². The fourth-order valence-corrected chi connectivity index (χ4v) is 3.10. The first-order valence-corrected chi connectivity index (χ1v) is 10.1. The molecule has 0 aromatic heterocycles. The van der Waals surface area contributed by atoms with E-state index in [9.17, 15) is 17.4 Å². The Labute approximate surface area is 166 Å². The summed E-state index contributed by atoms with van der Waals surface area (Å²) in [5.41, 5.74) is -3.99. The van der Waals surface area contributed by atoms with Crippen molar-refractivity contribution < 1.29 is 22.1 Å². The van der Waals surface area contributed by atoms with Gasteiger partial charge in [0.1, 0.15) is 11.5 Å². The van der Waals surface area contributed by atoms with Crippen LogP contribution in [0.5, 0.6) is 11.5 Å². The second-order valence-electron chi connectivity index (χ2n) is 5.97. The van der Waals surface area contributed by atoms with Crippen LogP contribution in [0.25, 0.3) is 0 Å². The lowest BCUT2D eigenvalue weighted by Gasteiger charge is -2.14. The minimum atomic E-state index is -5.17. The Morgan fingerprint density at radius 3 is 2.61 bits per heavy atom. The standard InChI is InChI=1S/C18H19ClF3N3O2S/c1-4-25(3)11-24-16-8-12(2)17(10-15(16)19)27-13-6-5-7-14(9-13)28(23,26)18(20,21)22/h5-11,23H,4H2,1-3H3/b24-11-. The summed E-state index contributed by atoms with van der Waals surface area (Å²) in [7, 11) is -3.10. The molecule has 0 aliphatic carbocycles. The van der Waals surface area contributed by atoms with Crippen LogP contribution in [0.15, 0.2) is 46.3 Å². The first-order chi connectivity index (χ1) is 13.0. The second-order valence-corrected chi connectivity index (χ2v) is 8.42. The maximum atomic E-state index is 12.9. The van der Waals surface area contributed by atoms with Crippen molar-refractivity contribution in [3.05, 3.63) is 47.0 Å². The van der Waals surface area contributed by atoms with Gasteiger partial charge in [0.05, 0.1) is 21.9 Å². The molecule has 1 N–H and O–H groups in total. The van der Waals surface area contributed by atoms with E-state index in [1.807, 2.05) is 18.9 Å². The lowest BCUT2D eigenvalue weighted by molar-refractivity contribution is -0.0406. The van der Waals surface area contributed by atoms with E-state index in [-0.39, 0.29) is 5.75 Å². The van der Waals surface area contributed by atoms with E-state index < -0.39 is 20.1 Å². The van der Waals surface area contributed by atoms with E-state index in [0.29, 0.717) is 22.0 Å². The molecular formula is C18H19ClF3N3O2S. The van der Waals surface area contributed by atoms with Crippen LogP contribution >= 0.6 is 11.6 Å². The second kappa shape index (κ2) is 8.40. The van der Waals surface area contributed by atoms with Gasteiger partial charge in [0.15, 0.2) is 9.73 Å². The average Bonchev–Trinajstić information content (AvgIpc) is 2.62. The normalized spacial score (nSPS) is 14.1. The van der Waals surface area contributed by atoms with Gasteiger partial charge in [-0.05, 0) is 43.7 Å². The number of halogens is 4. The van der Waals surface area contributed by atoms with Crippen LogP contribution in [0.3, 0.4) is 0 Å². The Balaban J connectivity index is 2.33. The summed E-state index contributed by atoms with van der Waals surface area (Å²) in [5.74, 6) is 0.330. The molecule has 2 rings (SSSR count).